The summed E-state index contributed by atoms with van der Waals surface area (Å²) in [4.78, 5) is 0. The summed E-state index contributed by atoms with van der Waals surface area (Å²) in [6.07, 6.45) is -4.93. The van der Waals surface area contributed by atoms with E-state index in [0.29, 0.717) is 5.75 Å². The fourth-order valence-electron chi connectivity index (χ4n) is 1.50. The van der Waals surface area contributed by atoms with Gasteiger partial charge in [0.05, 0.1) is 6.61 Å². The normalized spacial score (nSPS) is 13.4. The maximum absolute atomic E-state index is 11.9. The Bertz CT molecular complexity index is 365. The number of alkyl halides is 3. The van der Waals surface area contributed by atoms with Gasteiger partial charge in [0.25, 0.3) is 0 Å². The van der Waals surface area contributed by atoms with Gasteiger partial charge in [0.1, 0.15) is 5.75 Å². The lowest BCUT2D eigenvalue weighted by Gasteiger charge is -2.13. The van der Waals surface area contributed by atoms with Gasteiger partial charge < -0.3 is 10.1 Å². The first-order chi connectivity index (χ1) is 8.42. The summed E-state index contributed by atoms with van der Waals surface area (Å²) in [6, 6.07) is 7.56. The molecule has 0 spiro atoms. The summed E-state index contributed by atoms with van der Waals surface area (Å²) in [5.41, 5.74) is 1.05. The molecule has 0 saturated carbocycles. The largest absolute Gasteiger partial charge is 0.494 e. The van der Waals surface area contributed by atoms with Crippen molar-refractivity contribution in [3.05, 3.63) is 29.8 Å². The SMILES string of the molecule is CNC(C)c1cccc(OCCCC(F)(F)F)c1. The van der Waals surface area contributed by atoms with E-state index in [0.717, 1.165) is 5.56 Å². The molecule has 0 aromatic heterocycles. The minimum Gasteiger partial charge on any atom is -0.494 e. The number of halogens is 3. The van der Waals surface area contributed by atoms with Crippen LogP contribution < -0.4 is 10.1 Å². The molecule has 0 fully saturated rings. The zero-order valence-corrected chi connectivity index (χ0v) is 10.6. The van der Waals surface area contributed by atoms with E-state index in [9.17, 15) is 13.2 Å². The Morgan fingerprint density at radius 2 is 2.06 bits per heavy atom. The van der Waals surface area contributed by atoms with Gasteiger partial charge in [0.15, 0.2) is 0 Å². The Hall–Kier alpha value is -1.23. The highest BCUT2D eigenvalue weighted by atomic mass is 19.4. The smallest absolute Gasteiger partial charge is 0.389 e. The van der Waals surface area contributed by atoms with Crippen molar-refractivity contribution in [2.75, 3.05) is 13.7 Å². The van der Waals surface area contributed by atoms with Crippen molar-refractivity contribution in [1.82, 2.24) is 5.32 Å². The quantitative estimate of drug-likeness (QED) is 0.788. The second-order valence-electron chi connectivity index (χ2n) is 4.15. The Labute approximate surface area is 105 Å². The standard InChI is InChI=1S/C13H18F3NO/c1-10(17-2)11-5-3-6-12(9-11)18-8-4-7-13(14,15)16/h3,5-6,9-10,17H,4,7-8H2,1-2H3. The molecule has 0 aliphatic heterocycles. The summed E-state index contributed by atoms with van der Waals surface area (Å²) < 4.78 is 41.1. The van der Waals surface area contributed by atoms with Gasteiger partial charge in [-0.1, -0.05) is 12.1 Å². The molecule has 102 valence electrons. The van der Waals surface area contributed by atoms with E-state index < -0.39 is 12.6 Å². The Morgan fingerprint density at radius 1 is 1.33 bits per heavy atom. The average molecular weight is 261 g/mol. The van der Waals surface area contributed by atoms with Crippen LogP contribution in [0.25, 0.3) is 0 Å². The van der Waals surface area contributed by atoms with Gasteiger partial charge >= 0.3 is 6.18 Å². The van der Waals surface area contributed by atoms with E-state index >= 15 is 0 Å². The van der Waals surface area contributed by atoms with Gasteiger partial charge in [-0.05, 0) is 38.1 Å². The highest BCUT2D eigenvalue weighted by molar-refractivity contribution is 5.30. The van der Waals surface area contributed by atoms with Gasteiger partial charge in [-0.15, -0.1) is 0 Å². The van der Waals surface area contributed by atoms with E-state index in [1.807, 2.05) is 32.2 Å². The molecule has 0 amide bonds. The molecule has 2 nitrogen and oxygen atoms in total. The van der Waals surface area contributed by atoms with E-state index in [2.05, 4.69) is 5.32 Å². The zero-order chi connectivity index (χ0) is 13.6. The van der Waals surface area contributed by atoms with Crippen LogP contribution in [0.15, 0.2) is 24.3 Å². The van der Waals surface area contributed by atoms with E-state index in [1.165, 1.54) is 0 Å². The summed E-state index contributed by atoms with van der Waals surface area (Å²) in [5, 5.41) is 3.09. The lowest BCUT2D eigenvalue weighted by Crippen LogP contribution is -2.12. The third-order valence-electron chi connectivity index (χ3n) is 2.66. The second kappa shape index (κ2) is 6.64. The summed E-state index contributed by atoms with van der Waals surface area (Å²) >= 11 is 0. The number of hydrogen-bond donors (Lipinski definition) is 1. The van der Waals surface area contributed by atoms with Gasteiger partial charge in [-0.25, -0.2) is 0 Å². The van der Waals surface area contributed by atoms with Crippen LogP contribution in [0.2, 0.25) is 0 Å². The maximum atomic E-state index is 11.9. The van der Waals surface area contributed by atoms with Crippen molar-refractivity contribution < 1.29 is 17.9 Å². The molecule has 0 bridgehead atoms. The van der Waals surface area contributed by atoms with Crippen LogP contribution in [0.1, 0.15) is 31.4 Å². The molecule has 1 rings (SSSR count). The molecule has 0 radical (unpaired) electrons. The topological polar surface area (TPSA) is 21.3 Å². The molecule has 1 aromatic rings. The molecule has 0 aliphatic carbocycles. The van der Waals surface area contributed by atoms with E-state index in [4.69, 9.17) is 4.74 Å². The highest BCUT2D eigenvalue weighted by Gasteiger charge is 2.26. The molecular formula is C13H18F3NO. The first-order valence-corrected chi connectivity index (χ1v) is 5.89. The van der Waals surface area contributed by atoms with Crippen LogP contribution >= 0.6 is 0 Å². The Kier molecular flexibility index (Phi) is 5.47. The number of benzene rings is 1. The van der Waals surface area contributed by atoms with E-state index in [-0.39, 0.29) is 19.1 Å². The lowest BCUT2D eigenvalue weighted by molar-refractivity contribution is -0.136. The van der Waals surface area contributed by atoms with Crippen LogP contribution in [-0.2, 0) is 0 Å². The Morgan fingerprint density at radius 3 is 2.67 bits per heavy atom. The van der Waals surface area contributed by atoms with Crippen LogP contribution in [0.4, 0.5) is 13.2 Å². The monoisotopic (exact) mass is 261 g/mol. The number of hydrogen-bond acceptors (Lipinski definition) is 2. The van der Waals surface area contributed by atoms with Crippen LogP contribution in [0.5, 0.6) is 5.75 Å². The third kappa shape index (κ3) is 5.40. The molecule has 0 aliphatic rings. The van der Waals surface area contributed by atoms with Crippen molar-refractivity contribution >= 4 is 0 Å². The first kappa shape index (κ1) is 14.8. The van der Waals surface area contributed by atoms with Crippen LogP contribution in [0.3, 0.4) is 0 Å². The Balaban J connectivity index is 2.43. The van der Waals surface area contributed by atoms with Crippen LogP contribution in [-0.4, -0.2) is 19.8 Å². The van der Waals surface area contributed by atoms with Crippen molar-refractivity contribution in [3.63, 3.8) is 0 Å². The molecule has 1 N–H and O–H groups in total. The van der Waals surface area contributed by atoms with Gasteiger partial charge in [0.2, 0.25) is 0 Å². The van der Waals surface area contributed by atoms with E-state index in [1.54, 1.807) is 6.07 Å². The molecular weight excluding hydrogens is 243 g/mol. The minimum absolute atomic E-state index is 0.0185. The molecule has 0 saturated heterocycles. The number of rotatable bonds is 6. The molecule has 5 heteroatoms. The van der Waals surface area contributed by atoms with Crippen molar-refractivity contribution in [1.29, 1.82) is 0 Å². The summed E-state index contributed by atoms with van der Waals surface area (Å²) in [6.45, 7) is 2.08. The van der Waals surface area contributed by atoms with Crippen molar-refractivity contribution in [2.24, 2.45) is 0 Å². The third-order valence-corrected chi connectivity index (χ3v) is 2.66. The summed E-state index contributed by atoms with van der Waals surface area (Å²) in [5.74, 6) is 0.608. The predicted molar refractivity (Wildman–Crippen MR) is 64.7 cm³/mol. The van der Waals surface area contributed by atoms with Crippen molar-refractivity contribution in [3.8, 4) is 5.75 Å². The predicted octanol–water partition coefficient (Wildman–Crippen LogP) is 3.69. The molecule has 1 aromatic carbocycles. The first-order valence-electron chi connectivity index (χ1n) is 5.89. The lowest BCUT2D eigenvalue weighted by atomic mass is 10.1. The average Bonchev–Trinajstić information content (AvgIpc) is 2.33. The van der Waals surface area contributed by atoms with Crippen molar-refractivity contribution in [2.45, 2.75) is 32.0 Å². The number of nitrogens with one attached hydrogen (secondary N) is 1. The minimum atomic E-state index is -4.11. The van der Waals surface area contributed by atoms with Crippen LogP contribution in [0, 0.1) is 0 Å². The molecule has 18 heavy (non-hydrogen) atoms. The number of ether oxygens (including phenoxy) is 1. The maximum Gasteiger partial charge on any atom is 0.389 e. The fourth-order valence-corrected chi connectivity index (χ4v) is 1.50. The van der Waals surface area contributed by atoms with Gasteiger partial charge in [0, 0.05) is 12.5 Å². The molecule has 1 unspecified atom stereocenters. The summed E-state index contributed by atoms with van der Waals surface area (Å²) in [7, 11) is 1.85. The van der Waals surface area contributed by atoms with Gasteiger partial charge in [-0.2, -0.15) is 13.2 Å². The second-order valence-corrected chi connectivity index (χ2v) is 4.15. The van der Waals surface area contributed by atoms with Gasteiger partial charge in [-0.3, -0.25) is 0 Å². The highest BCUT2D eigenvalue weighted by Crippen LogP contribution is 2.22. The molecule has 1 atom stereocenters. The molecule has 0 heterocycles. The fraction of sp³-hybridized carbons (Fsp3) is 0.538. The zero-order valence-electron chi connectivity index (χ0n) is 10.6.